The van der Waals surface area contributed by atoms with Gasteiger partial charge in [-0.05, 0) is 54.4 Å². The Morgan fingerprint density at radius 2 is 1.64 bits per heavy atom. The summed E-state index contributed by atoms with van der Waals surface area (Å²) < 4.78 is 0. The number of aromatic nitrogens is 1. The highest BCUT2D eigenvalue weighted by Crippen LogP contribution is 2.21. The summed E-state index contributed by atoms with van der Waals surface area (Å²) in [6.45, 7) is 1.85. The molecule has 0 aliphatic heterocycles. The van der Waals surface area contributed by atoms with Crippen LogP contribution in [-0.4, -0.2) is 10.9 Å². The number of pyridine rings is 1. The molecule has 3 aromatic rings. The number of rotatable bonds is 3. The molecule has 25 heavy (non-hydrogen) atoms. The normalized spacial score (nSPS) is 10.5. The van der Waals surface area contributed by atoms with Crippen LogP contribution in [0.25, 0.3) is 11.3 Å². The van der Waals surface area contributed by atoms with Crippen molar-refractivity contribution in [1.82, 2.24) is 4.98 Å². The summed E-state index contributed by atoms with van der Waals surface area (Å²) in [5.41, 5.74) is 2.39. The van der Waals surface area contributed by atoms with Crippen LogP contribution >= 0.6 is 23.2 Å². The minimum absolute atomic E-state index is 0.0251. The number of carbonyl (C=O) groups is 1. The molecule has 0 fully saturated rings. The Labute approximate surface area is 154 Å². The van der Waals surface area contributed by atoms with Crippen LogP contribution in [-0.2, 0) is 0 Å². The van der Waals surface area contributed by atoms with E-state index in [1.165, 1.54) is 6.07 Å². The van der Waals surface area contributed by atoms with Crippen molar-refractivity contribution >= 4 is 34.8 Å². The molecule has 1 aromatic heterocycles. The maximum atomic E-state index is 12.4. The van der Waals surface area contributed by atoms with Crippen molar-refractivity contribution in [3.63, 3.8) is 0 Å². The maximum absolute atomic E-state index is 12.4. The third kappa shape index (κ3) is 3.92. The second kappa shape index (κ2) is 7.13. The van der Waals surface area contributed by atoms with Gasteiger partial charge in [0.15, 0.2) is 0 Å². The van der Waals surface area contributed by atoms with Crippen molar-refractivity contribution in [3.05, 3.63) is 86.1 Å². The van der Waals surface area contributed by atoms with E-state index in [-0.39, 0.29) is 5.56 Å². The molecule has 2 aromatic carbocycles. The second-order valence-electron chi connectivity index (χ2n) is 5.54. The molecule has 1 heterocycles. The fourth-order valence-electron chi connectivity index (χ4n) is 2.37. The molecule has 0 unspecified atom stereocenters. The molecule has 126 valence electrons. The molecule has 0 aliphatic carbocycles. The fourth-order valence-corrected chi connectivity index (χ4v) is 2.67. The summed E-state index contributed by atoms with van der Waals surface area (Å²) in [7, 11) is 0. The van der Waals surface area contributed by atoms with E-state index in [1.807, 2.05) is 6.92 Å². The summed E-state index contributed by atoms with van der Waals surface area (Å²) in [6, 6.07) is 15.4. The summed E-state index contributed by atoms with van der Waals surface area (Å²) >= 11 is 11.8. The third-order valence-electron chi connectivity index (χ3n) is 3.76. The predicted octanol–water partition coefficient (Wildman–Crippen LogP) is 4.91. The molecule has 0 bridgehead atoms. The van der Waals surface area contributed by atoms with E-state index in [4.69, 9.17) is 23.2 Å². The van der Waals surface area contributed by atoms with Crippen molar-refractivity contribution in [2.45, 2.75) is 6.92 Å². The first kappa shape index (κ1) is 17.3. The average Bonchev–Trinajstić information content (AvgIpc) is 2.58. The van der Waals surface area contributed by atoms with Gasteiger partial charge in [-0.1, -0.05) is 41.4 Å². The number of aromatic amines is 1. The number of hydrogen-bond acceptors (Lipinski definition) is 2. The van der Waals surface area contributed by atoms with Crippen molar-refractivity contribution in [1.29, 1.82) is 0 Å². The van der Waals surface area contributed by atoms with Gasteiger partial charge in [0.05, 0.1) is 0 Å². The number of halogens is 2. The van der Waals surface area contributed by atoms with Gasteiger partial charge in [-0.2, -0.15) is 0 Å². The molecule has 0 atom stereocenters. The van der Waals surface area contributed by atoms with Gasteiger partial charge in [-0.25, -0.2) is 0 Å². The molecule has 0 saturated carbocycles. The minimum Gasteiger partial charge on any atom is -0.322 e. The number of H-pyrrole nitrogens is 1. The first-order valence-corrected chi connectivity index (χ1v) is 8.26. The average molecular weight is 373 g/mol. The number of carbonyl (C=O) groups excluding carboxylic acids is 1. The van der Waals surface area contributed by atoms with Crippen LogP contribution in [0.4, 0.5) is 5.69 Å². The van der Waals surface area contributed by atoms with Crippen LogP contribution in [0.1, 0.15) is 15.9 Å². The van der Waals surface area contributed by atoms with E-state index in [0.717, 1.165) is 11.1 Å². The molecular formula is C19H14Cl2N2O2. The number of aryl methyl sites for hydroxylation is 1. The molecule has 0 radical (unpaired) electrons. The van der Waals surface area contributed by atoms with Crippen LogP contribution < -0.4 is 10.9 Å². The van der Waals surface area contributed by atoms with Crippen molar-refractivity contribution < 1.29 is 4.79 Å². The van der Waals surface area contributed by atoms with Gasteiger partial charge in [0.1, 0.15) is 5.56 Å². The van der Waals surface area contributed by atoms with E-state index in [2.05, 4.69) is 10.3 Å². The molecular weight excluding hydrogens is 359 g/mol. The van der Waals surface area contributed by atoms with Gasteiger partial charge in [0, 0.05) is 21.4 Å². The number of nitrogens with one attached hydrogen (secondary N) is 2. The van der Waals surface area contributed by atoms with Crippen LogP contribution in [0.5, 0.6) is 0 Å². The van der Waals surface area contributed by atoms with E-state index < -0.39 is 11.5 Å². The number of hydrogen-bond donors (Lipinski definition) is 2. The molecule has 3 rings (SSSR count). The minimum atomic E-state index is -0.491. The van der Waals surface area contributed by atoms with Crippen LogP contribution in [0.2, 0.25) is 10.0 Å². The Bertz CT molecular complexity index is 995. The van der Waals surface area contributed by atoms with E-state index >= 15 is 0 Å². The van der Waals surface area contributed by atoms with Gasteiger partial charge in [0.25, 0.3) is 11.5 Å². The Kier molecular flexibility index (Phi) is 4.93. The standard InChI is InChI=1S/C19H14Cl2N2O2/c1-11-2-5-14(21)10-17(11)23-19(25)15-8-9-16(22-18(15)24)12-3-6-13(20)7-4-12/h2-10H,1H3,(H,22,24)(H,23,25). The summed E-state index contributed by atoms with van der Waals surface area (Å²) in [4.78, 5) is 27.4. The monoisotopic (exact) mass is 372 g/mol. The molecule has 4 nitrogen and oxygen atoms in total. The van der Waals surface area contributed by atoms with Gasteiger partial charge < -0.3 is 10.3 Å². The lowest BCUT2D eigenvalue weighted by Gasteiger charge is -2.09. The van der Waals surface area contributed by atoms with Gasteiger partial charge in [-0.3, -0.25) is 9.59 Å². The molecule has 6 heteroatoms. The van der Waals surface area contributed by atoms with Crippen molar-refractivity contribution in [2.24, 2.45) is 0 Å². The maximum Gasteiger partial charge on any atom is 0.261 e. The number of amides is 1. The Morgan fingerprint density at radius 1 is 0.960 bits per heavy atom. The summed E-state index contributed by atoms with van der Waals surface area (Å²) in [5.74, 6) is -0.491. The summed E-state index contributed by atoms with van der Waals surface area (Å²) in [5, 5.41) is 3.83. The Hall–Kier alpha value is -2.56. The lowest BCUT2D eigenvalue weighted by Crippen LogP contribution is -2.23. The first-order valence-electron chi connectivity index (χ1n) is 7.51. The first-order chi connectivity index (χ1) is 11.9. The van der Waals surface area contributed by atoms with Gasteiger partial charge >= 0.3 is 0 Å². The SMILES string of the molecule is Cc1ccc(Cl)cc1NC(=O)c1ccc(-c2ccc(Cl)cc2)[nH]c1=O. The highest BCUT2D eigenvalue weighted by molar-refractivity contribution is 6.31. The third-order valence-corrected chi connectivity index (χ3v) is 4.24. The Balaban J connectivity index is 1.88. The van der Waals surface area contributed by atoms with Gasteiger partial charge in [-0.15, -0.1) is 0 Å². The zero-order valence-electron chi connectivity index (χ0n) is 13.3. The smallest absolute Gasteiger partial charge is 0.261 e. The van der Waals surface area contributed by atoms with Crippen LogP contribution in [0.3, 0.4) is 0 Å². The van der Waals surface area contributed by atoms with Crippen molar-refractivity contribution in [3.8, 4) is 11.3 Å². The number of anilines is 1. The van der Waals surface area contributed by atoms with Crippen molar-refractivity contribution in [2.75, 3.05) is 5.32 Å². The molecule has 0 aliphatic rings. The van der Waals surface area contributed by atoms with Crippen LogP contribution in [0, 0.1) is 6.92 Å². The van der Waals surface area contributed by atoms with E-state index in [0.29, 0.717) is 21.4 Å². The summed E-state index contributed by atoms with van der Waals surface area (Å²) in [6.07, 6.45) is 0. The molecule has 0 saturated heterocycles. The largest absolute Gasteiger partial charge is 0.322 e. The molecule has 0 spiro atoms. The topological polar surface area (TPSA) is 62.0 Å². The Morgan fingerprint density at radius 3 is 2.32 bits per heavy atom. The molecule has 2 N–H and O–H groups in total. The predicted molar refractivity (Wildman–Crippen MR) is 102 cm³/mol. The number of benzene rings is 2. The lowest BCUT2D eigenvalue weighted by molar-refractivity contribution is 0.102. The van der Waals surface area contributed by atoms with Crippen LogP contribution in [0.15, 0.2) is 59.4 Å². The second-order valence-corrected chi connectivity index (χ2v) is 6.41. The highest BCUT2D eigenvalue weighted by Gasteiger charge is 2.13. The van der Waals surface area contributed by atoms with Gasteiger partial charge in [0.2, 0.25) is 0 Å². The zero-order valence-corrected chi connectivity index (χ0v) is 14.8. The highest BCUT2D eigenvalue weighted by atomic mass is 35.5. The van der Waals surface area contributed by atoms with E-state index in [9.17, 15) is 9.59 Å². The van der Waals surface area contributed by atoms with E-state index in [1.54, 1.807) is 48.5 Å². The quantitative estimate of drug-likeness (QED) is 0.685. The molecule has 1 amide bonds. The fraction of sp³-hybridized carbons (Fsp3) is 0.0526. The zero-order chi connectivity index (χ0) is 18.0. The lowest BCUT2D eigenvalue weighted by atomic mass is 10.1.